The van der Waals surface area contributed by atoms with E-state index in [0.29, 0.717) is 26.9 Å². The van der Waals surface area contributed by atoms with Gasteiger partial charge in [0.05, 0.1) is 28.4 Å². The summed E-state index contributed by atoms with van der Waals surface area (Å²) in [7, 11) is 1.68. The molecule has 0 aliphatic carbocycles. The highest BCUT2D eigenvalue weighted by atomic mass is 35.5. The summed E-state index contributed by atoms with van der Waals surface area (Å²) < 4.78 is 5.53. The zero-order valence-corrected chi connectivity index (χ0v) is 22.6. The van der Waals surface area contributed by atoms with Crippen molar-refractivity contribution in [2.75, 3.05) is 48.4 Å². The fourth-order valence-corrected chi connectivity index (χ4v) is 4.63. The minimum atomic E-state index is -0.341. The van der Waals surface area contributed by atoms with Crippen molar-refractivity contribution < 1.29 is 14.3 Å². The van der Waals surface area contributed by atoms with Gasteiger partial charge >= 0.3 is 0 Å². The number of carbonyl (C=O) groups is 2. The van der Waals surface area contributed by atoms with E-state index in [1.54, 1.807) is 25.3 Å². The SMILES string of the molecule is COc1ccccc1N1CCN(c2ccc(NC(=O)c3ccc(Cl)c(Cl)c3)cc2C(=O)NC(C)C)CC1. The van der Waals surface area contributed by atoms with Crippen molar-refractivity contribution in [2.45, 2.75) is 19.9 Å². The Kier molecular flexibility index (Phi) is 8.46. The number of piperazine rings is 1. The molecule has 1 fully saturated rings. The van der Waals surface area contributed by atoms with Gasteiger partial charge in [-0.15, -0.1) is 0 Å². The van der Waals surface area contributed by atoms with Crippen LogP contribution in [0.2, 0.25) is 10.0 Å². The Morgan fingerprint density at radius 3 is 2.16 bits per heavy atom. The molecule has 37 heavy (non-hydrogen) atoms. The molecule has 0 saturated carbocycles. The first kappa shape index (κ1) is 26.6. The van der Waals surface area contributed by atoms with Gasteiger partial charge in [0.25, 0.3) is 11.8 Å². The Morgan fingerprint density at radius 1 is 0.838 bits per heavy atom. The molecule has 2 amide bonds. The van der Waals surface area contributed by atoms with Gasteiger partial charge in [-0.3, -0.25) is 9.59 Å². The summed E-state index contributed by atoms with van der Waals surface area (Å²) in [5.74, 6) is 0.310. The molecule has 7 nitrogen and oxygen atoms in total. The summed E-state index contributed by atoms with van der Waals surface area (Å²) in [6.45, 7) is 6.85. The van der Waals surface area contributed by atoms with Gasteiger partial charge in [0.15, 0.2) is 0 Å². The van der Waals surface area contributed by atoms with E-state index in [0.717, 1.165) is 43.3 Å². The number of nitrogens with zero attached hydrogens (tertiary/aromatic N) is 2. The number of halogens is 2. The Balaban J connectivity index is 1.55. The van der Waals surface area contributed by atoms with E-state index in [4.69, 9.17) is 27.9 Å². The van der Waals surface area contributed by atoms with E-state index in [1.165, 1.54) is 6.07 Å². The summed E-state index contributed by atoms with van der Waals surface area (Å²) in [5, 5.41) is 6.52. The Bertz CT molecular complexity index is 1290. The smallest absolute Gasteiger partial charge is 0.255 e. The molecule has 1 heterocycles. The maximum absolute atomic E-state index is 13.2. The molecule has 1 aliphatic rings. The number of ether oxygens (including phenoxy) is 1. The van der Waals surface area contributed by atoms with E-state index >= 15 is 0 Å². The summed E-state index contributed by atoms with van der Waals surface area (Å²) in [4.78, 5) is 30.5. The van der Waals surface area contributed by atoms with Gasteiger partial charge in [-0.2, -0.15) is 0 Å². The van der Waals surface area contributed by atoms with Crippen molar-refractivity contribution in [3.8, 4) is 5.75 Å². The largest absolute Gasteiger partial charge is 0.495 e. The predicted molar refractivity (Wildman–Crippen MR) is 151 cm³/mol. The molecule has 0 radical (unpaired) electrons. The minimum Gasteiger partial charge on any atom is -0.495 e. The first-order valence-corrected chi connectivity index (χ1v) is 12.9. The monoisotopic (exact) mass is 540 g/mol. The molecule has 9 heteroatoms. The van der Waals surface area contributed by atoms with Gasteiger partial charge in [-0.1, -0.05) is 35.3 Å². The van der Waals surface area contributed by atoms with E-state index in [9.17, 15) is 9.59 Å². The number of nitrogens with one attached hydrogen (secondary N) is 2. The molecule has 2 N–H and O–H groups in total. The van der Waals surface area contributed by atoms with Crippen LogP contribution in [0.5, 0.6) is 5.75 Å². The zero-order chi connectivity index (χ0) is 26.5. The average Bonchev–Trinajstić information content (AvgIpc) is 2.90. The van der Waals surface area contributed by atoms with Crippen molar-refractivity contribution >= 4 is 52.1 Å². The van der Waals surface area contributed by atoms with Crippen LogP contribution in [0.3, 0.4) is 0 Å². The second-order valence-electron chi connectivity index (χ2n) is 9.09. The van der Waals surface area contributed by atoms with Crippen LogP contribution in [0.1, 0.15) is 34.6 Å². The molecular formula is C28H30Cl2N4O3. The third-order valence-electron chi connectivity index (χ3n) is 6.15. The highest BCUT2D eigenvalue weighted by Crippen LogP contribution is 2.31. The molecule has 0 atom stereocenters. The lowest BCUT2D eigenvalue weighted by molar-refractivity contribution is 0.0942. The summed E-state index contributed by atoms with van der Waals surface area (Å²) in [6, 6.07) is 18.1. The van der Waals surface area contributed by atoms with Crippen LogP contribution in [0.4, 0.5) is 17.1 Å². The molecule has 194 valence electrons. The van der Waals surface area contributed by atoms with Crippen LogP contribution in [-0.4, -0.2) is 51.1 Å². The number of para-hydroxylation sites is 2. The lowest BCUT2D eigenvalue weighted by Crippen LogP contribution is -2.47. The standard InChI is InChI=1S/C28H30Cl2N4O3/c1-18(2)31-28(36)21-17-20(32-27(35)19-8-10-22(29)23(30)16-19)9-11-24(21)33-12-14-34(15-13-33)25-6-4-5-7-26(25)37-3/h4-11,16-18H,12-15H2,1-3H3,(H,31,36)(H,32,35). The molecule has 0 spiro atoms. The van der Waals surface area contributed by atoms with Crippen molar-refractivity contribution in [3.63, 3.8) is 0 Å². The molecule has 0 aromatic heterocycles. The van der Waals surface area contributed by atoms with Gasteiger partial charge in [-0.25, -0.2) is 0 Å². The van der Waals surface area contributed by atoms with Gasteiger partial charge in [0.1, 0.15) is 5.75 Å². The highest BCUT2D eigenvalue weighted by Gasteiger charge is 2.24. The number of methoxy groups -OCH3 is 1. The van der Waals surface area contributed by atoms with E-state index in [1.807, 2.05) is 44.2 Å². The molecular weight excluding hydrogens is 511 g/mol. The predicted octanol–water partition coefficient (Wildman–Crippen LogP) is 5.72. The van der Waals surface area contributed by atoms with Crippen molar-refractivity contribution in [3.05, 3.63) is 81.8 Å². The number of hydrogen-bond donors (Lipinski definition) is 2. The van der Waals surface area contributed by atoms with E-state index in [2.05, 4.69) is 26.5 Å². The van der Waals surface area contributed by atoms with Crippen LogP contribution >= 0.6 is 23.2 Å². The number of anilines is 3. The molecule has 1 aliphatic heterocycles. The summed E-state index contributed by atoms with van der Waals surface area (Å²) in [6.07, 6.45) is 0. The van der Waals surface area contributed by atoms with Gasteiger partial charge in [0, 0.05) is 49.2 Å². The summed E-state index contributed by atoms with van der Waals surface area (Å²) in [5.41, 5.74) is 3.28. The van der Waals surface area contributed by atoms with Crippen LogP contribution in [0.25, 0.3) is 0 Å². The number of amides is 2. The third-order valence-corrected chi connectivity index (χ3v) is 6.89. The topological polar surface area (TPSA) is 73.9 Å². The lowest BCUT2D eigenvalue weighted by Gasteiger charge is -2.38. The molecule has 3 aromatic rings. The second kappa shape index (κ2) is 11.8. The first-order valence-electron chi connectivity index (χ1n) is 12.1. The summed E-state index contributed by atoms with van der Waals surface area (Å²) >= 11 is 12.0. The molecule has 3 aromatic carbocycles. The highest BCUT2D eigenvalue weighted by molar-refractivity contribution is 6.42. The van der Waals surface area contributed by atoms with Gasteiger partial charge < -0.3 is 25.2 Å². The van der Waals surface area contributed by atoms with Crippen LogP contribution < -0.4 is 25.2 Å². The maximum Gasteiger partial charge on any atom is 0.255 e. The number of benzene rings is 3. The van der Waals surface area contributed by atoms with Crippen molar-refractivity contribution in [1.29, 1.82) is 0 Å². The minimum absolute atomic E-state index is 0.0304. The lowest BCUT2D eigenvalue weighted by atomic mass is 10.1. The first-order chi connectivity index (χ1) is 17.8. The third kappa shape index (κ3) is 6.29. The van der Waals surface area contributed by atoms with Gasteiger partial charge in [-0.05, 0) is 62.4 Å². The van der Waals surface area contributed by atoms with E-state index < -0.39 is 0 Å². The van der Waals surface area contributed by atoms with Crippen LogP contribution in [-0.2, 0) is 0 Å². The molecule has 1 saturated heterocycles. The fraction of sp³-hybridized carbons (Fsp3) is 0.286. The second-order valence-corrected chi connectivity index (χ2v) is 9.90. The van der Waals surface area contributed by atoms with Crippen molar-refractivity contribution in [2.24, 2.45) is 0 Å². The maximum atomic E-state index is 13.2. The van der Waals surface area contributed by atoms with Crippen LogP contribution in [0, 0.1) is 0 Å². The number of rotatable bonds is 7. The number of carbonyl (C=O) groups excluding carboxylic acids is 2. The molecule has 0 bridgehead atoms. The van der Waals surface area contributed by atoms with Crippen LogP contribution in [0.15, 0.2) is 60.7 Å². The zero-order valence-electron chi connectivity index (χ0n) is 21.1. The van der Waals surface area contributed by atoms with Crippen molar-refractivity contribution in [1.82, 2.24) is 5.32 Å². The molecule has 0 unspecified atom stereocenters. The number of hydrogen-bond acceptors (Lipinski definition) is 5. The average molecular weight is 541 g/mol. The van der Waals surface area contributed by atoms with Gasteiger partial charge in [0.2, 0.25) is 0 Å². The fourth-order valence-electron chi connectivity index (χ4n) is 4.33. The Labute approximate surface area is 227 Å². The van der Waals surface area contributed by atoms with E-state index in [-0.39, 0.29) is 17.9 Å². The normalized spacial score (nSPS) is 13.5. The Morgan fingerprint density at radius 2 is 1.51 bits per heavy atom. The molecule has 4 rings (SSSR count). The Hall–Kier alpha value is -3.42. The quantitative estimate of drug-likeness (QED) is 0.401.